The molecule has 3 aromatic rings. The number of aromatic nitrogens is 1. The molecule has 0 atom stereocenters. The molecular formula is C23H17N3O2S2. The number of carbonyl (C=O) groups is 2. The van der Waals surface area contributed by atoms with Crippen molar-refractivity contribution in [2.75, 3.05) is 10.2 Å². The summed E-state index contributed by atoms with van der Waals surface area (Å²) in [7, 11) is 0. The van der Waals surface area contributed by atoms with E-state index in [9.17, 15) is 9.59 Å². The summed E-state index contributed by atoms with van der Waals surface area (Å²) < 4.78 is 0.461. The predicted octanol–water partition coefficient (Wildman–Crippen LogP) is 5.05. The highest BCUT2D eigenvalue weighted by molar-refractivity contribution is 8.27. The smallest absolute Gasteiger partial charge is 0.270 e. The largest absolute Gasteiger partial charge is 0.322 e. The van der Waals surface area contributed by atoms with Gasteiger partial charge in [0.05, 0.1) is 16.8 Å². The van der Waals surface area contributed by atoms with E-state index in [1.807, 2.05) is 43.3 Å². The van der Waals surface area contributed by atoms with Crippen LogP contribution < -0.4 is 10.2 Å². The van der Waals surface area contributed by atoms with Crippen molar-refractivity contribution in [1.82, 2.24) is 4.98 Å². The fraction of sp³-hybridized carbons (Fsp3) is 0.0435. The number of nitrogens with one attached hydrogen (secondary N) is 1. The van der Waals surface area contributed by atoms with Crippen LogP contribution in [0, 0.1) is 6.92 Å². The monoisotopic (exact) mass is 431 g/mol. The lowest BCUT2D eigenvalue weighted by Gasteiger charge is -2.13. The molecule has 5 nitrogen and oxygen atoms in total. The van der Waals surface area contributed by atoms with Crippen LogP contribution in [0.3, 0.4) is 0 Å². The molecule has 2 amide bonds. The highest BCUT2D eigenvalue weighted by Gasteiger charge is 2.33. The summed E-state index contributed by atoms with van der Waals surface area (Å²) in [6, 6.07) is 18.3. The predicted molar refractivity (Wildman–Crippen MR) is 125 cm³/mol. The number of carbonyl (C=O) groups excluding carboxylic acids is 2. The third-order valence-corrected chi connectivity index (χ3v) is 5.76. The van der Waals surface area contributed by atoms with Crippen LogP contribution in [0.2, 0.25) is 0 Å². The van der Waals surface area contributed by atoms with Crippen LogP contribution >= 0.6 is 24.0 Å². The Morgan fingerprint density at radius 1 is 1.13 bits per heavy atom. The zero-order valence-electron chi connectivity index (χ0n) is 16.0. The number of benzene rings is 2. The van der Waals surface area contributed by atoms with Gasteiger partial charge in [-0.2, -0.15) is 0 Å². The number of nitrogens with zero attached hydrogens (tertiary/aromatic N) is 2. The summed E-state index contributed by atoms with van der Waals surface area (Å²) in [4.78, 5) is 31.4. The van der Waals surface area contributed by atoms with Crippen LogP contribution in [0.15, 0.2) is 78.0 Å². The number of anilines is 2. The van der Waals surface area contributed by atoms with Gasteiger partial charge in [0.15, 0.2) is 4.32 Å². The summed E-state index contributed by atoms with van der Waals surface area (Å²) in [5.74, 6) is -0.373. The van der Waals surface area contributed by atoms with Crippen LogP contribution in [-0.2, 0) is 4.79 Å². The zero-order chi connectivity index (χ0) is 21.1. The molecule has 0 aliphatic carbocycles. The van der Waals surface area contributed by atoms with Gasteiger partial charge in [0.1, 0.15) is 0 Å². The quantitative estimate of drug-likeness (QED) is 0.463. The van der Waals surface area contributed by atoms with Crippen LogP contribution in [0.5, 0.6) is 0 Å². The van der Waals surface area contributed by atoms with E-state index >= 15 is 0 Å². The maximum atomic E-state index is 12.8. The molecule has 0 bridgehead atoms. The van der Waals surface area contributed by atoms with Gasteiger partial charge in [-0.1, -0.05) is 53.8 Å². The number of aryl methyl sites for hydroxylation is 1. The van der Waals surface area contributed by atoms with Crippen molar-refractivity contribution in [1.29, 1.82) is 0 Å². The summed E-state index contributed by atoms with van der Waals surface area (Å²) in [6.07, 6.45) is 5.03. The van der Waals surface area contributed by atoms with E-state index in [4.69, 9.17) is 12.2 Å². The Labute approximate surface area is 183 Å². The molecular weight excluding hydrogens is 414 g/mol. The third kappa shape index (κ3) is 4.32. The number of pyridine rings is 1. The highest BCUT2D eigenvalue weighted by Crippen LogP contribution is 2.35. The molecule has 1 fully saturated rings. The Hall–Kier alpha value is -3.29. The van der Waals surface area contributed by atoms with E-state index in [1.165, 1.54) is 16.7 Å². The average Bonchev–Trinajstić information content (AvgIpc) is 3.02. The number of hydrogen-bond acceptors (Lipinski definition) is 5. The van der Waals surface area contributed by atoms with Crippen molar-refractivity contribution >= 4 is 57.6 Å². The standard InChI is InChI=1S/C23H17N3O2S2/c1-15-7-9-17(10-8-15)21(27)25-18-5-2-4-16(12-18)13-20-22(28)26(23(29)30-20)19-6-3-11-24-14-19/h2-14H,1H3,(H,25,27). The molecule has 2 heterocycles. The number of rotatable bonds is 4. The van der Waals surface area contributed by atoms with Gasteiger partial charge in [-0.25, -0.2) is 0 Å². The first-order valence-corrected chi connectivity index (χ1v) is 10.4. The van der Waals surface area contributed by atoms with Gasteiger partial charge in [-0.05, 0) is 55.0 Å². The van der Waals surface area contributed by atoms with Gasteiger partial charge < -0.3 is 5.32 Å². The average molecular weight is 432 g/mol. The Balaban J connectivity index is 1.53. The Bertz CT molecular complexity index is 1160. The van der Waals surface area contributed by atoms with Crippen molar-refractivity contribution in [2.45, 2.75) is 6.92 Å². The molecule has 7 heteroatoms. The van der Waals surface area contributed by atoms with E-state index < -0.39 is 0 Å². The van der Waals surface area contributed by atoms with Gasteiger partial charge in [0.25, 0.3) is 11.8 Å². The van der Waals surface area contributed by atoms with E-state index in [0.717, 1.165) is 11.1 Å². The summed E-state index contributed by atoms with van der Waals surface area (Å²) in [5.41, 5.74) is 3.77. The van der Waals surface area contributed by atoms with Crippen molar-refractivity contribution < 1.29 is 9.59 Å². The lowest BCUT2D eigenvalue weighted by Crippen LogP contribution is -2.27. The molecule has 1 aliphatic rings. The molecule has 2 aromatic carbocycles. The summed E-state index contributed by atoms with van der Waals surface area (Å²) >= 11 is 6.62. The van der Waals surface area contributed by atoms with Crippen molar-refractivity contribution in [3.8, 4) is 0 Å². The number of thiocarbonyl (C=S) groups is 1. The van der Waals surface area contributed by atoms with Crippen LogP contribution in [0.4, 0.5) is 11.4 Å². The number of amides is 2. The molecule has 0 spiro atoms. The minimum absolute atomic E-state index is 0.185. The molecule has 1 aliphatic heterocycles. The fourth-order valence-corrected chi connectivity index (χ4v) is 4.24. The third-order valence-electron chi connectivity index (χ3n) is 4.45. The van der Waals surface area contributed by atoms with Gasteiger partial charge in [0.2, 0.25) is 0 Å². The first-order chi connectivity index (χ1) is 14.5. The lowest BCUT2D eigenvalue weighted by molar-refractivity contribution is -0.113. The number of hydrogen-bond donors (Lipinski definition) is 1. The van der Waals surface area contributed by atoms with Gasteiger partial charge in [-0.15, -0.1) is 0 Å². The Kier molecular flexibility index (Phi) is 5.74. The van der Waals surface area contributed by atoms with Crippen LogP contribution in [-0.4, -0.2) is 21.1 Å². The van der Waals surface area contributed by atoms with Crippen LogP contribution in [0.25, 0.3) is 6.08 Å². The van der Waals surface area contributed by atoms with E-state index in [-0.39, 0.29) is 11.8 Å². The Morgan fingerprint density at radius 2 is 1.93 bits per heavy atom. The van der Waals surface area contributed by atoms with E-state index in [2.05, 4.69) is 10.3 Å². The lowest BCUT2D eigenvalue weighted by atomic mass is 10.1. The molecule has 1 N–H and O–H groups in total. The van der Waals surface area contributed by atoms with E-state index in [0.29, 0.717) is 26.2 Å². The molecule has 0 unspecified atom stereocenters. The van der Waals surface area contributed by atoms with Crippen molar-refractivity contribution in [3.63, 3.8) is 0 Å². The maximum Gasteiger partial charge on any atom is 0.270 e. The minimum Gasteiger partial charge on any atom is -0.322 e. The summed E-state index contributed by atoms with van der Waals surface area (Å²) in [5, 5.41) is 2.89. The SMILES string of the molecule is Cc1ccc(C(=O)Nc2cccc(C=C3SC(=S)N(c4cccnc4)C3=O)c2)cc1. The fourth-order valence-electron chi connectivity index (χ4n) is 2.94. The van der Waals surface area contributed by atoms with E-state index in [1.54, 1.807) is 42.7 Å². The Morgan fingerprint density at radius 3 is 2.67 bits per heavy atom. The first kappa shape index (κ1) is 20.0. The van der Waals surface area contributed by atoms with Gasteiger partial charge >= 0.3 is 0 Å². The van der Waals surface area contributed by atoms with Crippen LogP contribution in [0.1, 0.15) is 21.5 Å². The van der Waals surface area contributed by atoms with Crippen molar-refractivity contribution in [3.05, 3.63) is 94.7 Å². The molecule has 30 heavy (non-hydrogen) atoms. The maximum absolute atomic E-state index is 12.8. The number of thioether (sulfide) groups is 1. The topological polar surface area (TPSA) is 62.3 Å². The normalized spacial score (nSPS) is 15.0. The molecule has 1 aromatic heterocycles. The van der Waals surface area contributed by atoms with Gasteiger partial charge in [0, 0.05) is 17.4 Å². The second kappa shape index (κ2) is 8.61. The molecule has 1 saturated heterocycles. The van der Waals surface area contributed by atoms with Crippen molar-refractivity contribution in [2.24, 2.45) is 0 Å². The molecule has 4 rings (SSSR count). The zero-order valence-corrected chi connectivity index (χ0v) is 17.7. The second-order valence-electron chi connectivity index (χ2n) is 6.67. The molecule has 0 radical (unpaired) electrons. The summed E-state index contributed by atoms with van der Waals surface area (Å²) in [6.45, 7) is 1.97. The highest BCUT2D eigenvalue weighted by atomic mass is 32.2. The minimum atomic E-state index is -0.188. The first-order valence-electron chi connectivity index (χ1n) is 9.17. The van der Waals surface area contributed by atoms with Gasteiger partial charge in [-0.3, -0.25) is 19.5 Å². The molecule has 148 valence electrons. The molecule has 0 saturated carbocycles. The second-order valence-corrected chi connectivity index (χ2v) is 8.35.